The van der Waals surface area contributed by atoms with Gasteiger partial charge in [0.2, 0.25) is 0 Å². The maximum absolute atomic E-state index is 11.7. The molecule has 0 radical (unpaired) electrons. The van der Waals surface area contributed by atoms with Gasteiger partial charge in [0.25, 0.3) is 11.4 Å². The highest BCUT2D eigenvalue weighted by Crippen LogP contribution is 2.53. The molecule has 0 aromatic heterocycles. The number of aryl methyl sites for hydroxylation is 1. The Balaban J connectivity index is 1.89. The van der Waals surface area contributed by atoms with Gasteiger partial charge in [0.15, 0.2) is 0 Å². The summed E-state index contributed by atoms with van der Waals surface area (Å²) in [5.74, 6) is 0.226. The number of allylic oxidation sites excluding steroid dienone is 2. The molecule has 2 aliphatic rings. The lowest BCUT2D eigenvalue weighted by atomic mass is 9.74. The summed E-state index contributed by atoms with van der Waals surface area (Å²) < 4.78 is 0. The van der Waals surface area contributed by atoms with Crippen molar-refractivity contribution < 1.29 is 9.85 Å². The van der Waals surface area contributed by atoms with E-state index in [1.54, 1.807) is 18.2 Å². The maximum atomic E-state index is 11.7. The zero-order chi connectivity index (χ0) is 19.3. The van der Waals surface area contributed by atoms with E-state index in [-0.39, 0.29) is 34.2 Å². The van der Waals surface area contributed by atoms with Gasteiger partial charge in [-0.1, -0.05) is 24.3 Å². The summed E-state index contributed by atoms with van der Waals surface area (Å²) >= 11 is 0. The van der Waals surface area contributed by atoms with Crippen molar-refractivity contribution in [1.82, 2.24) is 0 Å². The van der Waals surface area contributed by atoms with E-state index in [0.717, 1.165) is 28.7 Å². The second-order valence-electron chi connectivity index (χ2n) is 7.21. The van der Waals surface area contributed by atoms with Crippen molar-refractivity contribution in [2.45, 2.75) is 32.2 Å². The van der Waals surface area contributed by atoms with Crippen LogP contribution in [-0.4, -0.2) is 9.85 Å². The molecule has 0 bridgehead atoms. The third-order valence-corrected chi connectivity index (χ3v) is 5.79. The van der Waals surface area contributed by atoms with Gasteiger partial charge in [0.1, 0.15) is 5.69 Å². The normalized spacial score (nSPS) is 22.7. The van der Waals surface area contributed by atoms with Crippen LogP contribution in [0.15, 0.2) is 42.5 Å². The molecule has 138 valence electrons. The fraction of sp³-hybridized carbons (Fsp3) is 0.300. The van der Waals surface area contributed by atoms with Crippen molar-refractivity contribution in [3.63, 3.8) is 0 Å². The number of anilines is 1. The Bertz CT molecular complexity index is 999. The molecule has 4 rings (SSSR count). The summed E-state index contributed by atoms with van der Waals surface area (Å²) in [7, 11) is 0. The van der Waals surface area contributed by atoms with E-state index in [4.69, 9.17) is 0 Å². The monoisotopic (exact) mass is 365 g/mol. The van der Waals surface area contributed by atoms with Gasteiger partial charge < -0.3 is 5.32 Å². The maximum Gasteiger partial charge on any atom is 0.292 e. The SMILES string of the molecule is Cc1cc([N+](=O)[O-])c2c(c1C)[C@@H]1C=CC[C@H]1[C@@H](c1cccc([N+](=O)[O-])c1)N2. The molecule has 0 amide bonds. The molecule has 1 aliphatic heterocycles. The van der Waals surface area contributed by atoms with Gasteiger partial charge in [-0.25, -0.2) is 0 Å². The molecule has 0 fully saturated rings. The van der Waals surface area contributed by atoms with Crippen LogP contribution in [0.5, 0.6) is 0 Å². The molecule has 27 heavy (non-hydrogen) atoms. The molecule has 0 saturated heterocycles. The van der Waals surface area contributed by atoms with E-state index in [9.17, 15) is 20.2 Å². The molecule has 0 spiro atoms. The van der Waals surface area contributed by atoms with Crippen molar-refractivity contribution in [1.29, 1.82) is 0 Å². The zero-order valence-corrected chi connectivity index (χ0v) is 15.0. The Morgan fingerprint density at radius 3 is 2.59 bits per heavy atom. The Morgan fingerprint density at radius 2 is 1.89 bits per heavy atom. The molecule has 0 unspecified atom stereocenters. The minimum atomic E-state index is -0.416. The molecule has 2 aromatic rings. The van der Waals surface area contributed by atoms with Crippen molar-refractivity contribution in [3.8, 4) is 0 Å². The van der Waals surface area contributed by atoms with Crippen LogP contribution in [0.3, 0.4) is 0 Å². The second-order valence-corrected chi connectivity index (χ2v) is 7.21. The Morgan fingerprint density at radius 1 is 1.11 bits per heavy atom. The number of hydrogen-bond acceptors (Lipinski definition) is 5. The summed E-state index contributed by atoms with van der Waals surface area (Å²) in [4.78, 5) is 22.1. The van der Waals surface area contributed by atoms with Gasteiger partial charge in [-0.05, 0) is 48.4 Å². The molecule has 1 aliphatic carbocycles. The van der Waals surface area contributed by atoms with Gasteiger partial charge in [0, 0.05) is 24.1 Å². The number of fused-ring (bicyclic) bond motifs is 3. The molecule has 0 saturated carbocycles. The van der Waals surface area contributed by atoms with E-state index < -0.39 is 4.92 Å². The van der Waals surface area contributed by atoms with Crippen molar-refractivity contribution in [2.75, 3.05) is 5.32 Å². The topological polar surface area (TPSA) is 98.3 Å². The van der Waals surface area contributed by atoms with Crippen LogP contribution in [0.2, 0.25) is 0 Å². The van der Waals surface area contributed by atoms with Crippen LogP contribution in [0.1, 0.15) is 40.6 Å². The summed E-state index contributed by atoms with van der Waals surface area (Å²) in [6.45, 7) is 3.89. The van der Waals surface area contributed by atoms with Crippen LogP contribution in [-0.2, 0) is 0 Å². The molecular formula is C20H19N3O4. The highest BCUT2D eigenvalue weighted by molar-refractivity contribution is 5.74. The molecule has 3 atom stereocenters. The van der Waals surface area contributed by atoms with Gasteiger partial charge in [-0.15, -0.1) is 0 Å². The van der Waals surface area contributed by atoms with Crippen molar-refractivity contribution in [2.24, 2.45) is 5.92 Å². The smallest absolute Gasteiger partial charge is 0.292 e. The highest BCUT2D eigenvalue weighted by atomic mass is 16.6. The number of benzene rings is 2. The first-order valence-electron chi connectivity index (χ1n) is 8.84. The lowest BCUT2D eigenvalue weighted by Crippen LogP contribution is -2.30. The summed E-state index contributed by atoms with van der Waals surface area (Å²) in [6.07, 6.45) is 5.04. The Labute approximate surface area is 156 Å². The molecule has 1 N–H and O–H groups in total. The standard InChI is InChI=1S/C20H19N3O4/c1-11-9-17(23(26)27)20-18(12(11)2)15-7-4-8-16(15)19(21-20)13-5-3-6-14(10-13)22(24)25/h3-7,9-10,15-16,19,21H,8H2,1-2H3/t15-,16-,19-/m1/s1. The summed E-state index contributed by atoms with van der Waals surface area (Å²) in [6, 6.07) is 7.91. The van der Waals surface area contributed by atoms with Crippen LogP contribution >= 0.6 is 0 Å². The molecule has 7 heteroatoms. The average molecular weight is 365 g/mol. The third-order valence-electron chi connectivity index (χ3n) is 5.79. The van der Waals surface area contributed by atoms with E-state index in [0.29, 0.717) is 5.69 Å². The number of rotatable bonds is 3. The average Bonchev–Trinajstić information content (AvgIpc) is 3.13. The van der Waals surface area contributed by atoms with Gasteiger partial charge >= 0.3 is 0 Å². The van der Waals surface area contributed by atoms with Crippen LogP contribution in [0.25, 0.3) is 0 Å². The number of nitro benzene ring substituents is 2. The fourth-order valence-corrected chi connectivity index (χ4v) is 4.39. The second kappa shape index (κ2) is 6.19. The Kier molecular flexibility index (Phi) is 3.95. The first kappa shape index (κ1) is 17.2. The fourth-order valence-electron chi connectivity index (χ4n) is 4.39. The molecular weight excluding hydrogens is 346 g/mol. The van der Waals surface area contributed by atoms with Gasteiger partial charge in [-0.3, -0.25) is 20.2 Å². The first-order chi connectivity index (χ1) is 12.9. The number of non-ortho nitro benzene ring substituents is 1. The minimum Gasteiger partial charge on any atom is -0.372 e. The first-order valence-corrected chi connectivity index (χ1v) is 8.84. The van der Waals surface area contributed by atoms with Crippen LogP contribution < -0.4 is 5.32 Å². The number of nitro groups is 2. The number of nitrogens with zero attached hydrogens (tertiary/aromatic N) is 2. The quantitative estimate of drug-likeness (QED) is 0.471. The zero-order valence-electron chi connectivity index (χ0n) is 15.0. The van der Waals surface area contributed by atoms with E-state index >= 15 is 0 Å². The predicted molar refractivity (Wildman–Crippen MR) is 102 cm³/mol. The van der Waals surface area contributed by atoms with E-state index in [1.165, 1.54) is 6.07 Å². The minimum absolute atomic E-state index is 0.0252. The highest BCUT2D eigenvalue weighted by Gasteiger charge is 2.42. The summed E-state index contributed by atoms with van der Waals surface area (Å²) in [5, 5.41) is 26.2. The van der Waals surface area contributed by atoms with Gasteiger partial charge in [0.05, 0.1) is 15.9 Å². The largest absolute Gasteiger partial charge is 0.372 e. The van der Waals surface area contributed by atoms with E-state index in [2.05, 4.69) is 17.5 Å². The lowest BCUT2D eigenvalue weighted by Gasteiger charge is -2.38. The summed E-state index contributed by atoms with van der Waals surface area (Å²) in [5.41, 5.74) is 4.33. The lowest BCUT2D eigenvalue weighted by molar-refractivity contribution is -0.384. The van der Waals surface area contributed by atoms with E-state index in [1.807, 2.05) is 19.9 Å². The van der Waals surface area contributed by atoms with Crippen molar-refractivity contribution >= 4 is 17.1 Å². The van der Waals surface area contributed by atoms with Crippen LogP contribution in [0.4, 0.5) is 17.1 Å². The van der Waals surface area contributed by atoms with Crippen molar-refractivity contribution in [3.05, 3.63) is 85.0 Å². The third kappa shape index (κ3) is 2.66. The Hall–Kier alpha value is -3.22. The number of nitrogens with one attached hydrogen (secondary N) is 1. The van der Waals surface area contributed by atoms with Crippen LogP contribution in [0, 0.1) is 40.0 Å². The number of hydrogen-bond donors (Lipinski definition) is 1. The molecule has 2 aromatic carbocycles. The molecule has 1 heterocycles. The molecule has 7 nitrogen and oxygen atoms in total. The van der Waals surface area contributed by atoms with Gasteiger partial charge in [-0.2, -0.15) is 0 Å². The predicted octanol–water partition coefficient (Wildman–Crippen LogP) is 4.95.